The first-order valence-electron chi connectivity index (χ1n) is 7.37. The molecule has 0 aromatic heterocycles. The zero-order chi connectivity index (χ0) is 17.3. The molecule has 0 unspecified atom stereocenters. The van der Waals surface area contributed by atoms with Gasteiger partial charge in [-0.25, -0.2) is 0 Å². The second-order valence-electron chi connectivity index (χ2n) is 6.22. The summed E-state index contributed by atoms with van der Waals surface area (Å²) in [7, 11) is 0. The molecule has 0 radical (unpaired) electrons. The molecule has 1 N–H and O–H groups in total. The van der Waals surface area contributed by atoms with E-state index in [0.29, 0.717) is 6.54 Å². The van der Waals surface area contributed by atoms with Crippen LogP contribution in [0.4, 0.5) is 13.2 Å². The Morgan fingerprint density at radius 1 is 1.30 bits per heavy atom. The zero-order valence-electron chi connectivity index (χ0n) is 13.0. The molecule has 126 valence electrons. The van der Waals surface area contributed by atoms with Crippen molar-refractivity contribution in [3.63, 3.8) is 0 Å². The molecule has 1 heterocycles. The maximum atomic E-state index is 12.6. The number of nitrogens with one attached hydrogen (secondary N) is 1. The second kappa shape index (κ2) is 6.22. The number of benzene rings is 1. The first-order valence-corrected chi connectivity index (χ1v) is 7.37. The number of hydrogen-bond donors (Lipinski definition) is 1. The Hall–Kier alpha value is -2.05. The number of hydrogen-bond acceptors (Lipinski definition) is 2. The van der Waals surface area contributed by atoms with Gasteiger partial charge in [0.2, 0.25) is 5.91 Å². The highest BCUT2D eigenvalue weighted by molar-refractivity contribution is 5.96. The Bertz CT molecular complexity index is 612. The summed E-state index contributed by atoms with van der Waals surface area (Å²) in [6.07, 6.45) is -2.72. The van der Waals surface area contributed by atoms with E-state index in [9.17, 15) is 22.8 Å². The van der Waals surface area contributed by atoms with Crippen LogP contribution in [0.15, 0.2) is 24.3 Å². The number of alkyl halides is 3. The van der Waals surface area contributed by atoms with E-state index in [1.54, 1.807) is 4.90 Å². The summed E-state index contributed by atoms with van der Waals surface area (Å²) in [5, 5.41) is 2.39. The lowest BCUT2D eigenvalue weighted by atomic mass is 10.0. The van der Waals surface area contributed by atoms with Crippen molar-refractivity contribution in [1.29, 1.82) is 0 Å². The van der Waals surface area contributed by atoms with Gasteiger partial charge < -0.3 is 10.2 Å². The lowest BCUT2D eigenvalue weighted by Crippen LogP contribution is -2.47. The summed E-state index contributed by atoms with van der Waals surface area (Å²) in [6.45, 7) is 4.31. The molecule has 1 saturated heterocycles. The van der Waals surface area contributed by atoms with E-state index in [2.05, 4.69) is 5.32 Å². The van der Waals surface area contributed by atoms with Crippen molar-refractivity contribution >= 4 is 11.8 Å². The Labute approximate surface area is 132 Å². The summed E-state index contributed by atoms with van der Waals surface area (Å²) >= 11 is 0. The van der Waals surface area contributed by atoms with Crippen molar-refractivity contribution in [2.45, 2.75) is 38.4 Å². The topological polar surface area (TPSA) is 49.4 Å². The Kier molecular flexibility index (Phi) is 4.68. The Morgan fingerprint density at radius 3 is 2.57 bits per heavy atom. The van der Waals surface area contributed by atoms with Gasteiger partial charge in [-0.15, -0.1) is 0 Å². The van der Waals surface area contributed by atoms with E-state index in [-0.39, 0.29) is 23.6 Å². The van der Waals surface area contributed by atoms with E-state index in [4.69, 9.17) is 0 Å². The number of rotatable bonds is 3. The average Bonchev–Trinajstić information content (AvgIpc) is 2.83. The van der Waals surface area contributed by atoms with Gasteiger partial charge in [-0.1, -0.05) is 6.07 Å². The molecule has 1 aromatic carbocycles. The summed E-state index contributed by atoms with van der Waals surface area (Å²) in [5.74, 6) is -0.922. The van der Waals surface area contributed by atoms with Gasteiger partial charge in [0.15, 0.2) is 0 Å². The van der Waals surface area contributed by atoms with Crippen LogP contribution < -0.4 is 5.32 Å². The number of halogens is 3. The molecule has 0 aliphatic carbocycles. The molecule has 1 fully saturated rings. The third-order valence-corrected chi connectivity index (χ3v) is 4.05. The van der Waals surface area contributed by atoms with Crippen LogP contribution in [0.3, 0.4) is 0 Å². The minimum atomic E-state index is -4.51. The third kappa shape index (κ3) is 4.03. The van der Waals surface area contributed by atoms with Crippen LogP contribution >= 0.6 is 0 Å². The summed E-state index contributed by atoms with van der Waals surface area (Å²) in [4.78, 5) is 25.8. The van der Waals surface area contributed by atoms with Crippen molar-refractivity contribution in [3.8, 4) is 0 Å². The molecule has 7 heteroatoms. The van der Waals surface area contributed by atoms with Crippen molar-refractivity contribution in [2.75, 3.05) is 13.1 Å². The molecule has 4 nitrogen and oxygen atoms in total. The highest BCUT2D eigenvalue weighted by Gasteiger charge is 2.35. The molecule has 2 rings (SSSR count). The van der Waals surface area contributed by atoms with Crippen molar-refractivity contribution < 1.29 is 22.8 Å². The van der Waals surface area contributed by atoms with Crippen molar-refractivity contribution in [3.05, 3.63) is 35.4 Å². The predicted octanol–water partition coefficient (Wildman–Crippen LogP) is 2.84. The molecule has 1 aliphatic rings. The minimum Gasteiger partial charge on any atom is -0.343 e. The molecule has 1 aromatic rings. The van der Waals surface area contributed by atoms with Crippen molar-refractivity contribution in [2.24, 2.45) is 0 Å². The van der Waals surface area contributed by atoms with Crippen LogP contribution in [0, 0.1) is 0 Å². The maximum Gasteiger partial charge on any atom is 0.416 e. The summed E-state index contributed by atoms with van der Waals surface area (Å²) in [6, 6.07) is 4.13. The monoisotopic (exact) mass is 328 g/mol. The molecular weight excluding hydrogens is 309 g/mol. The maximum absolute atomic E-state index is 12.6. The SMILES string of the molecule is CC1(C)CCCN1C(=O)CNC(=O)c1cccc(C(F)(F)F)c1. The van der Waals surface area contributed by atoms with E-state index in [0.717, 1.165) is 25.0 Å². The van der Waals surface area contributed by atoms with Gasteiger partial charge in [-0.2, -0.15) is 13.2 Å². The Morgan fingerprint density at radius 2 is 2.00 bits per heavy atom. The smallest absolute Gasteiger partial charge is 0.343 e. The van der Waals surface area contributed by atoms with Gasteiger partial charge in [-0.05, 0) is 44.9 Å². The lowest BCUT2D eigenvalue weighted by Gasteiger charge is -2.31. The van der Waals surface area contributed by atoms with Crippen LogP contribution in [-0.2, 0) is 11.0 Å². The predicted molar refractivity (Wildman–Crippen MR) is 78.8 cm³/mol. The fraction of sp³-hybridized carbons (Fsp3) is 0.500. The second-order valence-corrected chi connectivity index (χ2v) is 6.22. The largest absolute Gasteiger partial charge is 0.416 e. The highest BCUT2D eigenvalue weighted by atomic mass is 19.4. The van der Waals surface area contributed by atoms with Gasteiger partial charge in [0.25, 0.3) is 5.91 Å². The number of nitrogens with zero attached hydrogens (tertiary/aromatic N) is 1. The lowest BCUT2D eigenvalue weighted by molar-refractivity contribution is -0.137. The minimum absolute atomic E-state index is 0.117. The number of likely N-dealkylation sites (tertiary alicyclic amines) is 1. The van der Waals surface area contributed by atoms with Gasteiger partial charge in [0.1, 0.15) is 0 Å². The van der Waals surface area contributed by atoms with Crippen LogP contribution in [0.5, 0.6) is 0 Å². The summed E-state index contributed by atoms with van der Waals surface area (Å²) < 4.78 is 37.9. The zero-order valence-corrected chi connectivity index (χ0v) is 13.0. The van der Waals surface area contributed by atoms with Gasteiger partial charge in [-0.3, -0.25) is 9.59 Å². The van der Waals surface area contributed by atoms with Crippen LogP contribution in [0.25, 0.3) is 0 Å². The fourth-order valence-corrected chi connectivity index (χ4v) is 2.76. The number of carbonyl (C=O) groups excluding carboxylic acids is 2. The molecule has 23 heavy (non-hydrogen) atoms. The number of amides is 2. The molecule has 0 bridgehead atoms. The van der Waals surface area contributed by atoms with Crippen LogP contribution in [0.1, 0.15) is 42.6 Å². The first kappa shape index (κ1) is 17.3. The van der Waals surface area contributed by atoms with Crippen molar-refractivity contribution in [1.82, 2.24) is 10.2 Å². The standard InChI is InChI=1S/C16H19F3N2O2/c1-15(2)7-4-8-21(15)13(22)10-20-14(23)11-5-3-6-12(9-11)16(17,18)19/h3,5-6,9H,4,7-8,10H2,1-2H3,(H,20,23). The fourth-order valence-electron chi connectivity index (χ4n) is 2.76. The van der Waals surface area contributed by atoms with Crippen LogP contribution in [0.2, 0.25) is 0 Å². The average molecular weight is 328 g/mol. The molecule has 1 aliphatic heterocycles. The first-order chi connectivity index (χ1) is 10.6. The molecular formula is C16H19F3N2O2. The molecule has 0 saturated carbocycles. The summed E-state index contributed by atoms with van der Waals surface area (Å²) in [5.41, 5.74) is -1.26. The van der Waals surface area contributed by atoms with Gasteiger partial charge >= 0.3 is 6.18 Å². The quantitative estimate of drug-likeness (QED) is 0.927. The van der Waals surface area contributed by atoms with Crippen LogP contribution in [-0.4, -0.2) is 35.3 Å². The van der Waals surface area contributed by atoms with E-state index < -0.39 is 17.6 Å². The molecule has 0 spiro atoms. The normalized spacial score (nSPS) is 17.2. The van der Waals surface area contributed by atoms with E-state index in [1.807, 2.05) is 13.8 Å². The van der Waals surface area contributed by atoms with Gasteiger partial charge in [0.05, 0.1) is 12.1 Å². The third-order valence-electron chi connectivity index (χ3n) is 4.05. The number of carbonyl (C=O) groups is 2. The van der Waals surface area contributed by atoms with Gasteiger partial charge in [0, 0.05) is 17.6 Å². The van der Waals surface area contributed by atoms with E-state index >= 15 is 0 Å². The van der Waals surface area contributed by atoms with E-state index in [1.165, 1.54) is 12.1 Å². The highest BCUT2D eigenvalue weighted by Crippen LogP contribution is 2.30. The Balaban J connectivity index is 1.99. The molecule has 0 atom stereocenters. The molecule has 2 amide bonds.